The summed E-state index contributed by atoms with van der Waals surface area (Å²) < 4.78 is 5.39. The van der Waals surface area contributed by atoms with Crippen LogP contribution < -0.4 is 10.2 Å². The van der Waals surface area contributed by atoms with Gasteiger partial charge in [0.15, 0.2) is 11.6 Å². The number of hydrogen-bond donors (Lipinski definition) is 2. The Morgan fingerprint density at radius 1 is 1.21 bits per heavy atom. The lowest BCUT2D eigenvalue weighted by atomic mass is 10.0. The van der Waals surface area contributed by atoms with Crippen LogP contribution in [-0.4, -0.2) is 76.8 Å². The molecule has 0 aromatic carbocycles. The molecule has 1 saturated heterocycles. The Bertz CT molecular complexity index is 881. The second-order valence-electron chi connectivity index (χ2n) is 7.77. The molecule has 1 fully saturated rings. The molecule has 1 amide bonds. The average Bonchev–Trinajstić information content (AvgIpc) is 2.73. The van der Waals surface area contributed by atoms with E-state index in [9.17, 15) is 9.90 Å². The smallest absolute Gasteiger partial charge is 0.247 e. The zero-order chi connectivity index (χ0) is 20.4. The number of morpholine rings is 1. The van der Waals surface area contributed by atoms with Gasteiger partial charge in [0.25, 0.3) is 0 Å². The van der Waals surface area contributed by atoms with Crippen LogP contribution in [0, 0.1) is 0 Å². The summed E-state index contributed by atoms with van der Waals surface area (Å²) in [5, 5.41) is 13.1. The SMILES string of the molecule is CC(C)(O)c1ccc(-c2cnc3c(n2)N(CCN2CCOCC2)C(=O)CN3)cn1.[HH]. The van der Waals surface area contributed by atoms with Crippen molar-refractivity contribution in [3.8, 4) is 11.3 Å². The molecule has 29 heavy (non-hydrogen) atoms. The number of pyridine rings is 1. The summed E-state index contributed by atoms with van der Waals surface area (Å²) in [6, 6.07) is 3.63. The van der Waals surface area contributed by atoms with E-state index in [0.717, 1.165) is 38.4 Å². The van der Waals surface area contributed by atoms with Gasteiger partial charge < -0.3 is 15.2 Å². The van der Waals surface area contributed by atoms with Crippen LogP contribution in [0.5, 0.6) is 0 Å². The number of carbonyl (C=O) groups excluding carboxylic acids is 1. The number of ether oxygens (including phenoxy) is 1. The van der Waals surface area contributed by atoms with Gasteiger partial charge in [-0.3, -0.25) is 19.6 Å². The van der Waals surface area contributed by atoms with Crippen LogP contribution in [0.15, 0.2) is 24.5 Å². The molecule has 2 aromatic rings. The first kappa shape index (κ1) is 19.7. The number of nitrogens with zero attached hydrogens (tertiary/aromatic N) is 5. The van der Waals surface area contributed by atoms with E-state index < -0.39 is 5.60 Å². The van der Waals surface area contributed by atoms with E-state index in [0.29, 0.717) is 29.6 Å². The maximum atomic E-state index is 12.5. The van der Waals surface area contributed by atoms with Crippen molar-refractivity contribution in [3.05, 3.63) is 30.2 Å². The number of aromatic nitrogens is 3. The first-order valence-electron chi connectivity index (χ1n) is 9.82. The van der Waals surface area contributed by atoms with Crippen LogP contribution in [0.25, 0.3) is 11.3 Å². The molecule has 0 radical (unpaired) electrons. The number of anilines is 2. The van der Waals surface area contributed by atoms with Crippen LogP contribution >= 0.6 is 0 Å². The van der Waals surface area contributed by atoms with E-state index in [1.54, 1.807) is 37.2 Å². The van der Waals surface area contributed by atoms with Gasteiger partial charge >= 0.3 is 0 Å². The van der Waals surface area contributed by atoms with Crippen molar-refractivity contribution in [2.45, 2.75) is 19.4 Å². The molecular formula is C20H28N6O3. The number of nitrogens with one attached hydrogen (secondary N) is 1. The van der Waals surface area contributed by atoms with Gasteiger partial charge in [0.1, 0.15) is 5.60 Å². The van der Waals surface area contributed by atoms with Crippen molar-refractivity contribution < 1.29 is 16.1 Å². The Morgan fingerprint density at radius 2 is 2.00 bits per heavy atom. The number of carbonyl (C=O) groups is 1. The average molecular weight is 400 g/mol. The van der Waals surface area contributed by atoms with Gasteiger partial charge in [-0.05, 0) is 26.0 Å². The summed E-state index contributed by atoms with van der Waals surface area (Å²) in [7, 11) is 0. The van der Waals surface area contributed by atoms with Gasteiger partial charge in [-0.1, -0.05) is 0 Å². The fourth-order valence-electron chi connectivity index (χ4n) is 3.41. The predicted molar refractivity (Wildman–Crippen MR) is 111 cm³/mol. The third kappa shape index (κ3) is 4.36. The van der Waals surface area contributed by atoms with Crippen LogP contribution in [0.2, 0.25) is 0 Å². The minimum absolute atomic E-state index is 0. The van der Waals surface area contributed by atoms with Crippen molar-refractivity contribution in [2.24, 2.45) is 0 Å². The fraction of sp³-hybridized carbons (Fsp3) is 0.500. The topological polar surface area (TPSA) is 104 Å². The zero-order valence-electron chi connectivity index (χ0n) is 16.8. The Balaban J connectivity index is 0.00000256. The molecule has 0 unspecified atom stereocenters. The van der Waals surface area contributed by atoms with Crippen molar-refractivity contribution in [2.75, 3.05) is 56.2 Å². The quantitative estimate of drug-likeness (QED) is 0.769. The minimum Gasteiger partial charge on any atom is -0.384 e. The predicted octanol–water partition coefficient (Wildman–Crippen LogP) is 1.10. The van der Waals surface area contributed by atoms with E-state index >= 15 is 0 Å². The normalized spacial score (nSPS) is 17.8. The highest BCUT2D eigenvalue weighted by Crippen LogP contribution is 2.29. The number of rotatable bonds is 5. The van der Waals surface area contributed by atoms with E-state index in [4.69, 9.17) is 9.72 Å². The van der Waals surface area contributed by atoms with Crippen LogP contribution in [0.4, 0.5) is 11.6 Å². The van der Waals surface area contributed by atoms with Crippen molar-refractivity contribution in [3.63, 3.8) is 0 Å². The molecule has 0 atom stereocenters. The van der Waals surface area contributed by atoms with Crippen LogP contribution in [-0.2, 0) is 15.1 Å². The third-order valence-electron chi connectivity index (χ3n) is 5.15. The maximum Gasteiger partial charge on any atom is 0.247 e. The minimum atomic E-state index is -1.01. The number of fused-ring (bicyclic) bond motifs is 1. The lowest BCUT2D eigenvalue weighted by Gasteiger charge is -2.32. The van der Waals surface area contributed by atoms with Crippen LogP contribution in [0.3, 0.4) is 0 Å². The second kappa shape index (κ2) is 8.02. The van der Waals surface area contributed by atoms with Gasteiger partial charge in [-0.15, -0.1) is 0 Å². The molecule has 0 spiro atoms. The number of amides is 1. The first-order chi connectivity index (χ1) is 13.9. The van der Waals surface area contributed by atoms with Gasteiger partial charge in [-0.2, -0.15) is 0 Å². The largest absolute Gasteiger partial charge is 0.384 e. The third-order valence-corrected chi connectivity index (χ3v) is 5.15. The first-order valence-corrected chi connectivity index (χ1v) is 9.82. The summed E-state index contributed by atoms with van der Waals surface area (Å²) >= 11 is 0. The van der Waals surface area contributed by atoms with Gasteiger partial charge in [0.05, 0.1) is 37.3 Å². The molecule has 0 bridgehead atoms. The molecule has 0 aliphatic carbocycles. The lowest BCUT2D eigenvalue weighted by molar-refractivity contribution is -0.117. The summed E-state index contributed by atoms with van der Waals surface area (Å²) in [6.07, 6.45) is 3.34. The zero-order valence-corrected chi connectivity index (χ0v) is 16.8. The van der Waals surface area contributed by atoms with Crippen molar-refractivity contribution >= 4 is 17.5 Å². The molecule has 2 N–H and O–H groups in total. The highest BCUT2D eigenvalue weighted by atomic mass is 16.5. The highest BCUT2D eigenvalue weighted by Gasteiger charge is 2.27. The molecule has 0 saturated carbocycles. The Hall–Kier alpha value is -2.62. The molecule has 9 heteroatoms. The van der Waals surface area contributed by atoms with Gasteiger partial charge in [-0.25, -0.2) is 9.97 Å². The molecule has 2 aromatic heterocycles. The van der Waals surface area contributed by atoms with E-state index in [2.05, 4.69) is 20.2 Å². The van der Waals surface area contributed by atoms with E-state index in [1.807, 2.05) is 6.07 Å². The molecule has 4 heterocycles. The fourth-order valence-corrected chi connectivity index (χ4v) is 3.41. The Labute approximate surface area is 171 Å². The number of hydrogen-bond acceptors (Lipinski definition) is 8. The highest BCUT2D eigenvalue weighted by molar-refractivity contribution is 6.00. The van der Waals surface area contributed by atoms with Crippen molar-refractivity contribution in [1.82, 2.24) is 19.9 Å². The Morgan fingerprint density at radius 3 is 2.69 bits per heavy atom. The monoisotopic (exact) mass is 400 g/mol. The van der Waals surface area contributed by atoms with Crippen molar-refractivity contribution in [1.29, 1.82) is 0 Å². The molecule has 2 aliphatic rings. The molecule has 156 valence electrons. The van der Waals surface area contributed by atoms with Gasteiger partial charge in [0.2, 0.25) is 5.91 Å². The molecule has 4 rings (SSSR count). The lowest BCUT2D eigenvalue weighted by Crippen LogP contribution is -2.47. The Kier molecular flexibility index (Phi) is 5.44. The number of aliphatic hydroxyl groups is 1. The summed E-state index contributed by atoms with van der Waals surface area (Å²) in [6.45, 7) is 8.12. The molecule has 9 nitrogen and oxygen atoms in total. The second-order valence-corrected chi connectivity index (χ2v) is 7.77. The van der Waals surface area contributed by atoms with E-state index in [-0.39, 0.29) is 13.9 Å². The standard InChI is InChI=1S/C20H26N6O3.H2/c1-20(2,28)16-4-3-14(11-21-16)15-12-22-18-19(24-15)26(17(27)13-23-18)6-5-25-7-9-29-10-8-25;/h3-4,11-12,28H,5-10,13H2,1-2H3,(H,22,23);1H. The summed E-state index contributed by atoms with van der Waals surface area (Å²) in [4.78, 5) is 30.0. The summed E-state index contributed by atoms with van der Waals surface area (Å²) in [5.74, 6) is 1.13. The molecule has 2 aliphatic heterocycles. The van der Waals surface area contributed by atoms with E-state index in [1.165, 1.54) is 0 Å². The molecular weight excluding hydrogens is 372 g/mol. The van der Waals surface area contributed by atoms with Gasteiger partial charge in [0, 0.05) is 39.4 Å². The maximum absolute atomic E-state index is 12.5. The van der Waals surface area contributed by atoms with Crippen LogP contribution in [0.1, 0.15) is 21.0 Å². The summed E-state index contributed by atoms with van der Waals surface area (Å²) in [5.41, 5.74) is 0.981.